The zero-order chi connectivity index (χ0) is 22.3. The Morgan fingerprint density at radius 1 is 0.455 bits per heavy atom. The van der Waals surface area contributed by atoms with E-state index in [-0.39, 0.29) is 0 Å². The lowest BCUT2D eigenvalue weighted by Gasteiger charge is -2.32. The molecule has 0 saturated heterocycles. The van der Waals surface area contributed by atoms with Gasteiger partial charge in [-0.05, 0) is 29.3 Å². The summed E-state index contributed by atoms with van der Waals surface area (Å²) in [5.74, 6) is 0. The Morgan fingerprint density at radius 3 is 1.42 bits per heavy atom. The molecule has 158 valence electrons. The molecule has 0 saturated carbocycles. The minimum atomic E-state index is -1.31. The number of rotatable bonds is 4. The Labute approximate surface area is 193 Å². The highest BCUT2D eigenvalue weighted by Crippen LogP contribution is 2.41. The molecule has 6 rings (SSSR count). The summed E-state index contributed by atoms with van der Waals surface area (Å²) in [5, 5.41) is 14.9. The maximum atomic E-state index is 12.5. The van der Waals surface area contributed by atoms with Gasteiger partial charge in [0.15, 0.2) is 0 Å². The second-order valence-corrected chi connectivity index (χ2v) is 8.33. The van der Waals surface area contributed by atoms with Crippen LogP contribution < -0.4 is 0 Å². The van der Waals surface area contributed by atoms with E-state index in [2.05, 4.69) is 59.2 Å². The predicted octanol–water partition coefficient (Wildman–Crippen LogP) is 7.07. The van der Waals surface area contributed by atoms with Crippen molar-refractivity contribution in [3.63, 3.8) is 0 Å². The van der Waals surface area contributed by atoms with Crippen LogP contribution in [-0.4, -0.2) is 9.67 Å². The first-order valence-corrected chi connectivity index (χ1v) is 11.2. The average Bonchev–Trinajstić information content (AvgIpc) is 3.24. The summed E-state index contributed by atoms with van der Waals surface area (Å²) in [6.45, 7) is 0. The first kappa shape index (κ1) is 19.5. The van der Waals surface area contributed by atoms with Crippen LogP contribution in [-0.2, 0) is 5.60 Å². The van der Waals surface area contributed by atoms with Crippen LogP contribution in [0.2, 0.25) is 0 Å². The molecule has 1 aromatic heterocycles. The number of hydrogen-bond acceptors (Lipinski definition) is 1. The fourth-order valence-electron chi connectivity index (χ4n) is 4.99. The van der Waals surface area contributed by atoms with Gasteiger partial charge in [0.2, 0.25) is 0 Å². The Morgan fingerprint density at radius 2 is 0.879 bits per heavy atom. The van der Waals surface area contributed by atoms with Gasteiger partial charge in [-0.2, -0.15) is 0 Å². The van der Waals surface area contributed by atoms with Crippen LogP contribution in [0.1, 0.15) is 16.7 Å². The van der Waals surface area contributed by atoms with Gasteiger partial charge in [-0.25, -0.2) is 0 Å². The molecule has 0 atom stereocenters. The maximum Gasteiger partial charge on any atom is 0.142 e. The molecule has 1 heterocycles. The number of para-hydroxylation sites is 3. The van der Waals surface area contributed by atoms with Crippen LogP contribution in [0, 0.1) is 0 Å². The highest BCUT2D eigenvalue weighted by molar-refractivity contribution is 6.09. The second-order valence-electron chi connectivity index (χ2n) is 8.33. The third-order valence-electron chi connectivity index (χ3n) is 6.50. The normalized spacial score (nSPS) is 11.8. The summed E-state index contributed by atoms with van der Waals surface area (Å²) >= 11 is 0. The SMILES string of the molecule is OC(c1ccccc1)(c1ccccc1)c1ccccc1-n1c2ccccc2c2ccccc21. The summed E-state index contributed by atoms with van der Waals surface area (Å²) in [4.78, 5) is 0. The van der Waals surface area contributed by atoms with Crippen molar-refractivity contribution < 1.29 is 5.11 Å². The van der Waals surface area contributed by atoms with Crippen LogP contribution in [0.15, 0.2) is 133 Å². The Kier molecular flexibility index (Phi) is 4.60. The summed E-state index contributed by atoms with van der Waals surface area (Å²) < 4.78 is 2.27. The molecule has 0 amide bonds. The first-order chi connectivity index (χ1) is 16.3. The molecule has 0 spiro atoms. The quantitative estimate of drug-likeness (QED) is 0.300. The molecular formula is C31H23NO. The van der Waals surface area contributed by atoms with E-state index in [1.165, 1.54) is 10.8 Å². The summed E-state index contributed by atoms with van der Waals surface area (Å²) in [6.07, 6.45) is 0. The van der Waals surface area contributed by atoms with Crippen molar-refractivity contribution in [3.8, 4) is 5.69 Å². The molecule has 0 radical (unpaired) electrons. The van der Waals surface area contributed by atoms with Crippen molar-refractivity contribution in [1.29, 1.82) is 0 Å². The predicted molar refractivity (Wildman–Crippen MR) is 136 cm³/mol. The lowest BCUT2D eigenvalue weighted by Crippen LogP contribution is -2.30. The van der Waals surface area contributed by atoms with Gasteiger partial charge in [0.05, 0.1) is 16.7 Å². The Bertz CT molecular complexity index is 1470. The molecular weight excluding hydrogens is 402 g/mol. The van der Waals surface area contributed by atoms with E-state index in [4.69, 9.17) is 0 Å². The Hall–Kier alpha value is -4.14. The maximum absolute atomic E-state index is 12.5. The molecule has 2 heteroatoms. The van der Waals surface area contributed by atoms with Gasteiger partial charge in [-0.3, -0.25) is 0 Å². The number of nitrogens with zero attached hydrogens (tertiary/aromatic N) is 1. The third kappa shape index (κ3) is 3.00. The number of benzene rings is 5. The van der Waals surface area contributed by atoms with Gasteiger partial charge >= 0.3 is 0 Å². The van der Waals surface area contributed by atoms with Crippen molar-refractivity contribution in [1.82, 2.24) is 4.57 Å². The summed E-state index contributed by atoms with van der Waals surface area (Å²) in [5.41, 5.74) is 4.41. The minimum Gasteiger partial charge on any atom is -0.376 e. The van der Waals surface area contributed by atoms with Crippen molar-refractivity contribution in [3.05, 3.63) is 150 Å². The fraction of sp³-hybridized carbons (Fsp3) is 0.0323. The molecule has 2 nitrogen and oxygen atoms in total. The zero-order valence-electron chi connectivity index (χ0n) is 18.1. The van der Waals surface area contributed by atoms with Crippen molar-refractivity contribution >= 4 is 21.8 Å². The standard InChI is InChI=1S/C31H23NO/c33-31(23-13-3-1-4-14-23,24-15-5-2-6-16-24)27-19-9-12-22-30(27)32-28-20-10-7-17-25(28)26-18-8-11-21-29(26)32/h1-22,33H. The van der Waals surface area contributed by atoms with Crippen molar-refractivity contribution in [2.24, 2.45) is 0 Å². The minimum absolute atomic E-state index is 0.837. The van der Waals surface area contributed by atoms with Gasteiger partial charge in [-0.1, -0.05) is 115 Å². The third-order valence-corrected chi connectivity index (χ3v) is 6.50. The van der Waals surface area contributed by atoms with E-state index in [9.17, 15) is 5.11 Å². The van der Waals surface area contributed by atoms with Crippen LogP contribution in [0.3, 0.4) is 0 Å². The Balaban J connectivity index is 1.73. The number of fused-ring (bicyclic) bond motifs is 3. The second kappa shape index (κ2) is 7.77. The van der Waals surface area contributed by atoms with Crippen LogP contribution >= 0.6 is 0 Å². The number of aliphatic hydroxyl groups is 1. The van der Waals surface area contributed by atoms with Crippen molar-refractivity contribution in [2.75, 3.05) is 0 Å². The highest BCUT2D eigenvalue weighted by Gasteiger charge is 2.36. The highest BCUT2D eigenvalue weighted by atomic mass is 16.3. The van der Waals surface area contributed by atoms with E-state index >= 15 is 0 Å². The van der Waals surface area contributed by atoms with E-state index in [1.54, 1.807) is 0 Å². The largest absolute Gasteiger partial charge is 0.376 e. The van der Waals surface area contributed by atoms with E-state index in [0.29, 0.717) is 0 Å². The lowest BCUT2D eigenvalue weighted by atomic mass is 9.79. The van der Waals surface area contributed by atoms with Gasteiger partial charge in [0.1, 0.15) is 5.60 Å². The van der Waals surface area contributed by atoms with Gasteiger partial charge in [0, 0.05) is 16.3 Å². The van der Waals surface area contributed by atoms with E-state index < -0.39 is 5.60 Å². The van der Waals surface area contributed by atoms with Gasteiger partial charge in [0.25, 0.3) is 0 Å². The van der Waals surface area contributed by atoms with Gasteiger partial charge < -0.3 is 9.67 Å². The molecule has 1 N–H and O–H groups in total. The summed E-state index contributed by atoms with van der Waals surface area (Å²) in [6, 6.07) is 45.0. The number of aromatic nitrogens is 1. The molecule has 0 unspecified atom stereocenters. The molecule has 0 aliphatic rings. The molecule has 5 aromatic carbocycles. The molecule has 0 aliphatic heterocycles. The number of hydrogen-bond donors (Lipinski definition) is 1. The summed E-state index contributed by atoms with van der Waals surface area (Å²) in [7, 11) is 0. The van der Waals surface area contributed by atoms with Crippen molar-refractivity contribution in [2.45, 2.75) is 5.60 Å². The molecule has 0 fully saturated rings. The lowest BCUT2D eigenvalue weighted by molar-refractivity contribution is 0.125. The average molecular weight is 426 g/mol. The first-order valence-electron chi connectivity index (χ1n) is 11.2. The fourth-order valence-corrected chi connectivity index (χ4v) is 4.99. The molecule has 0 bridgehead atoms. The molecule has 33 heavy (non-hydrogen) atoms. The monoisotopic (exact) mass is 425 g/mol. The van der Waals surface area contributed by atoms with E-state index in [1.807, 2.05) is 78.9 Å². The molecule has 6 aromatic rings. The van der Waals surface area contributed by atoms with Crippen LogP contribution in [0.5, 0.6) is 0 Å². The topological polar surface area (TPSA) is 25.2 Å². The zero-order valence-corrected chi connectivity index (χ0v) is 18.1. The molecule has 0 aliphatic carbocycles. The van der Waals surface area contributed by atoms with E-state index in [0.717, 1.165) is 33.4 Å². The smallest absolute Gasteiger partial charge is 0.142 e. The van der Waals surface area contributed by atoms with Gasteiger partial charge in [-0.15, -0.1) is 0 Å². The van der Waals surface area contributed by atoms with Crippen LogP contribution in [0.4, 0.5) is 0 Å². The van der Waals surface area contributed by atoms with Crippen LogP contribution in [0.25, 0.3) is 27.5 Å².